The number of terminal acetylenes is 1. The van der Waals surface area contributed by atoms with Crippen LogP contribution in [0.5, 0.6) is 17.6 Å². The highest BCUT2D eigenvalue weighted by molar-refractivity contribution is 6.31. The van der Waals surface area contributed by atoms with Crippen molar-refractivity contribution in [2.75, 3.05) is 31.7 Å². The number of aliphatic imine (C=N–C) groups is 1. The highest BCUT2D eigenvalue weighted by atomic mass is 19.1. The van der Waals surface area contributed by atoms with Gasteiger partial charge in [0.25, 0.3) is 5.91 Å². The predicted molar refractivity (Wildman–Crippen MR) is 239 cm³/mol. The molecule has 0 radical (unpaired) electrons. The van der Waals surface area contributed by atoms with Crippen LogP contribution in [0.1, 0.15) is 60.5 Å². The van der Waals surface area contributed by atoms with Gasteiger partial charge in [-0.2, -0.15) is 20.3 Å². The van der Waals surface area contributed by atoms with Gasteiger partial charge in [0.1, 0.15) is 52.3 Å². The fourth-order valence-electron chi connectivity index (χ4n) is 9.41. The SMILES string of the molecule is C#Cc1c(F)ccc2cc(O)cc(-c3nc(OC)c4c(N5CC6CCC(C5)N6C(=O)CC(C)C#N)nc(OC/C(C=Nc5ccc6c(c5)CN(C5CCC(=O)NC5=O)C6=O)=N/N)nc4c3F)c12. The lowest BCUT2D eigenvalue weighted by molar-refractivity contribution is -0.137. The van der Waals surface area contributed by atoms with E-state index in [0.29, 0.717) is 35.0 Å². The van der Waals surface area contributed by atoms with E-state index in [9.17, 15) is 29.5 Å². The Morgan fingerprint density at radius 3 is 2.55 bits per heavy atom. The largest absolute Gasteiger partial charge is 0.508 e. The molecular formula is C47H41F2N11O7. The van der Waals surface area contributed by atoms with E-state index in [0.717, 1.165) is 6.07 Å². The number of benzene rings is 3. The number of carbonyl (C=O) groups is 4. The zero-order valence-corrected chi connectivity index (χ0v) is 36.1. The average Bonchev–Trinajstić information content (AvgIpc) is 3.79. The number of phenols is 1. The van der Waals surface area contributed by atoms with Crippen molar-refractivity contribution in [3.63, 3.8) is 0 Å². The minimum Gasteiger partial charge on any atom is -0.508 e. The van der Waals surface area contributed by atoms with E-state index in [4.69, 9.17) is 26.7 Å². The second-order valence-corrected chi connectivity index (χ2v) is 16.7. The summed E-state index contributed by atoms with van der Waals surface area (Å²) >= 11 is 0. The van der Waals surface area contributed by atoms with Crippen molar-refractivity contribution in [1.29, 1.82) is 5.26 Å². The number of pyridine rings is 1. The number of hydrogen-bond donors (Lipinski definition) is 3. The molecule has 18 nitrogen and oxygen atoms in total. The third-order valence-corrected chi connectivity index (χ3v) is 12.5. The van der Waals surface area contributed by atoms with Crippen molar-refractivity contribution in [2.24, 2.45) is 21.9 Å². The first-order valence-corrected chi connectivity index (χ1v) is 21.3. The lowest BCUT2D eigenvalue weighted by Gasteiger charge is -2.42. The molecule has 2 bridgehead atoms. The van der Waals surface area contributed by atoms with Gasteiger partial charge in [-0.3, -0.25) is 29.5 Å². The van der Waals surface area contributed by atoms with E-state index < -0.39 is 29.5 Å². The van der Waals surface area contributed by atoms with E-state index in [-0.39, 0.29) is 138 Å². The van der Waals surface area contributed by atoms with E-state index in [1.807, 2.05) is 9.80 Å². The first-order chi connectivity index (χ1) is 32.3. The minimum atomic E-state index is -0.994. The zero-order chi connectivity index (χ0) is 47.3. The quantitative estimate of drug-likeness (QED) is 0.0548. The number of rotatable bonds is 11. The van der Waals surface area contributed by atoms with Gasteiger partial charge in [-0.25, -0.2) is 13.8 Å². The van der Waals surface area contributed by atoms with Gasteiger partial charge < -0.3 is 35.1 Å². The monoisotopic (exact) mass is 909 g/mol. The Hall–Kier alpha value is -8.26. The number of aromatic nitrogens is 3. The van der Waals surface area contributed by atoms with Crippen molar-refractivity contribution in [3.8, 4) is 47.3 Å². The second kappa shape index (κ2) is 17.6. The molecule has 4 N–H and O–H groups in total. The summed E-state index contributed by atoms with van der Waals surface area (Å²) < 4.78 is 44.5. The lowest BCUT2D eigenvalue weighted by Crippen LogP contribution is -2.56. The average molecular weight is 910 g/mol. The fourth-order valence-corrected chi connectivity index (χ4v) is 9.41. The highest BCUT2D eigenvalue weighted by Gasteiger charge is 2.44. The third kappa shape index (κ3) is 8.00. The molecule has 20 heteroatoms. The van der Waals surface area contributed by atoms with Gasteiger partial charge in [0.05, 0.1) is 36.6 Å². The molecule has 4 atom stereocenters. The summed E-state index contributed by atoms with van der Waals surface area (Å²) in [7, 11) is 1.33. The first-order valence-electron chi connectivity index (χ1n) is 21.3. The van der Waals surface area contributed by atoms with Crippen LogP contribution in [-0.4, -0.2) is 110 Å². The standard InChI is InChI=1S/C47H41F2N11O7/c1-4-31-34(48)10-5-24-15-30(61)16-33(38(24)31)41-40(49)42-39(45(54-41)66-3)43(58-20-28-7-8-29(21-58)60(28)37(63)13-23(2)17-50)56-47(55-42)67-22-27(57-51)18-52-26-6-9-32-25(14-26)19-59(46(32)65)35-11-12-36(62)53-44(35)64/h1,5-6,9-10,14-16,18,23,28-29,35,61H,7-8,11-13,19-22,51H2,2-3H3,(H,53,62,64)/b52-18?,57-27+. The smallest absolute Gasteiger partial charge is 0.319 e. The number of nitrogens with one attached hydrogen (secondary N) is 1. The number of phenolic OH excluding ortho intramolecular Hbond substituents is 1. The Morgan fingerprint density at radius 2 is 1.85 bits per heavy atom. The molecule has 3 fully saturated rings. The Labute approximate surface area is 381 Å². The van der Waals surface area contributed by atoms with Crippen molar-refractivity contribution in [3.05, 3.63) is 70.8 Å². The summed E-state index contributed by atoms with van der Waals surface area (Å²) in [5, 5.41) is 26.8. The van der Waals surface area contributed by atoms with Crippen LogP contribution in [0, 0.1) is 41.2 Å². The van der Waals surface area contributed by atoms with E-state index in [1.165, 1.54) is 36.4 Å². The van der Waals surface area contributed by atoms with Crippen LogP contribution in [0.25, 0.3) is 32.9 Å². The van der Waals surface area contributed by atoms with E-state index in [2.05, 4.69) is 37.4 Å². The third-order valence-electron chi connectivity index (χ3n) is 12.5. The number of imide groups is 1. The van der Waals surface area contributed by atoms with Gasteiger partial charge in [-0.1, -0.05) is 12.0 Å². The molecule has 4 unspecified atom stereocenters. The normalized spacial score (nSPS) is 19.7. The van der Waals surface area contributed by atoms with Gasteiger partial charge in [0.2, 0.25) is 23.6 Å². The van der Waals surface area contributed by atoms with Crippen LogP contribution in [0.3, 0.4) is 0 Å². The van der Waals surface area contributed by atoms with E-state index in [1.54, 1.807) is 25.1 Å². The molecule has 0 aliphatic carbocycles. The van der Waals surface area contributed by atoms with Gasteiger partial charge >= 0.3 is 6.01 Å². The minimum absolute atomic E-state index is 0.0343. The number of nitrogens with zero attached hydrogens (tertiary/aromatic N) is 9. The Morgan fingerprint density at radius 1 is 1.07 bits per heavy atom. The number of aromatic hydroxyl groups is 1. The van der Waals surface area contributed by atoms with Gasteiger partial charge in [0.15, 0.2) is 5.82 Å². The number of halogens is 2. The van der Waals surface area contributed by atoms with Crippen LogP contribution in [0.2, 0.25) is 0 Å². The Balaban J connectivity index is 1.06. The van der Waals surface area contributed by atoms with Gasteiger partial charge in [-0.15, -0.1) is 6.42 Å². The molecule has 4 aliphatic rings. The number of piperidine rings is 1. The maximum absolute atomic E-state index is 17.4. The van der Waals surface area contributed by atoms with E-state index >= 15 is 8.78 Å². The number of hydrogen-bond acceptors (Lipinski definition) is 15. The molecule has 4 amide bonds. The number of methoxy groups -OCH3 is 1. The first kappa shape index (κ1) is 44.0. The maximum atomic E-state index is 17.4. The van der Waals surface area contributed by atoms with Crippen molar-refractivity contribution >= 4 is 68.7 Å². The summed E-state index contributed by atoms with van der Waals surface area (Å²) in [6, 6.07) is 10.5. The van der Waals surface area contributed by atoms with Crippen molar-refractivity contribution < 1.29 is 42.5 Å². The number of carbonyl (C=O) groups excluding carboxylic acids is 4. The topological polar surface area (TPSA) is 242 Å². The van der Waals surface area contributed by atoms with Gasteiger partial charge in [-0.05, 0) is 73.5 Å². The fraction of sp³-hybridized carbons (Fsp3) is 0.319. The van der Waals surface area contributed by atoms with Crippen LogP contribution in [0.15, 0.2) is 52.6 Å². The molecule has 2 aromatic heterocycles. The number of ether oxygens (including phenoxy) is 2. The molecule has 67 heavy (non-hydrogen) atoms. The van der Waals surface area contributed by atoms with Crippen LogP contribution >= 0.6 is 0 Å². The summed E-state index contributed by atoms with van der Waals surface area (Å²) in [5.41, 5.74) is 0.692. The Kier molecular flexibility index (Phi) is 11.6. The number of hydrazone groups is 1. The van der Waals surface area contributed by atoms with Gasteiger partial charge in [0, 0.05) is 61.1 Å². The molecule has 5 aromatic rings. The predicted octanol–water partition coefficient (Wildman–Crippen LogP) is 4.41. The second-order valence-electron chi connectivity index (χ2n) is 16.7. The molecule has 4 aliphatic heterocycles. The van der Waals surface area contributed by atoms with Crippen molar-refractivity contribution in [1.82, 2.24) is 30.1 Å². The number of nitriles is 1. The molecule has 3 aromatic carbocycles. The Bertz CT molecular complexity index is 3080. The molecule has 0 saturated carbocycles. The maximum Gasteiger partial charge on any atom is 0.319 e. The van der Waals surface area contributed by atoms with Crippen LogP contribution < -0.4 is 25.5 Å². The molecule has 9 rings (SSSR count). The van der Waals surface area contributed by atoms with Crippen molar-refractivity contribution in [2.45, 2.75) is 63.7 Å². The molecule has 340 valence electrons. The summed E-state index contributed by atoms with van der Waals surface area (Å²) in [5.74, 6) is 4.34. The molecule has 0 spiro atoms. The lowest BCUT2D eigenvalue weighted by atomic mass is 9.95. The number of fused-ring (bicyclic) bond motifs is 5. The summed E-state index contributed by atoms with van der Waals surface area (Å²) in [4.78, 5) is 74.3. The summed E-state index contributed by atoms with van der Waals surface area (Å²) in [6.07, 6.45) is 8.86. The number of nitrogens with two attached hydrogens (primary N) is 1. The summed E-state index contributed by atoms with van der Waals surface area (Å²) in [6.45, 7) is 2.04. The molecule has 3 saturated heterocycles. The number of piperazine rings is 1. The zero-order valence-electron chi connectivity index (χ0n) is 36.1. The molecular weight excluding hydrogens is 869 g/mol. The molecule has 6 heterocycles. The number of anilines is 1. The highest BCUT2D eigenvalue weighted by Crippen LogP contribution is 2.43. The number of amides is 4. The van der Waals surface area contributed by atoms with Crippen LogP contribution in [-0.2, 0) is 20.9 Å². The van der Waals surface area contributed by atoms with Crippen LogP contribution in [0.4, 0.5) is 20.3 Å².